The summed E-state index contributed by atoms with van der Waals surface area (Å²) in [6, 6.07) is 10.4. The van der Waals surface area contributed by atoms with Crippen LogP contribution in [0.2, 0.25) is 0 Å². The van der Waals surface area contributed by atoms with Gasteiger partial charge in [-0.1, -0.05) is 11.8 Å². The van der Waals surface area contributed by atoms with Crippen LogP contribution in [0.1, 0.15) is 38.9 Å². The van der Waals surface area contributed by atoms with Gasteiger partial charge in [0.15, 0.2) is 11.6 Å². The van der Waals surface area contributed by atoms with Gasteiger partial charge >= 0.3 is 0 Å². The van der Waals surface area contributed by atoms with Crippen molar-refractivity contribution < 1.29 is 14.3 Å². The predicted molar refractivity (Wildman–Crippen MR) is 91.7 cm³/mol. The summed E-state index contributed by atoms with van der Waals surface area (Å²) in [7, 11) is 1.56. The van der Waals surface area contributed by atoms with E-state index < -0.39 is 0 Å². The second kappa shape index (κ2) is 7.75. The Labute approximate surface area is 144 Å². The highest BCUT2D eigenvalue weighted by molar-refractivity contribution is 8.00. The van der Waals surface area contributed by atoms with Crippen LogP contribution in [-0.4, -0.2) is 29.4 Å². The fourth-order valence-corrected chi connectivity index (χ4v) is 3.02. The van der Waals surface area contributed by atoms with Crippen LogP contribution in [-0.2, 0) is 0 Å². The van der Waals surface area contributed by atoms with Crippen molar-refractivity contribution in [2.45, 2.75) is 18.9 Å². The van der Waals surface area contributed by atoms with Gasteiger partial charge in [-0.05, 0) is 44.2 Å². The first-order valence-corrected chi connectivity index (χ1v) is 8.17. The molecule has 0 radical (unpaired) electrons. The van der Waals surface area contributed by atoms with Gasteiger partial charge in [-0.3, -0.25) is 9.59 Å². The van der Waals surface area contributed by atoms with Crippen LogP contribution in [0.3, 0.4) is 0 Å². The lowest BCUT2D eigenvalue weighted by Gasteiger charge is -2.08. The van der Waals surface area contributed by atoms with E-state index in [4.69, 9.17) is 4.74 Å². The number of nitriles is 1. The van der Waals surface area contributed by atoms with E-state index in [1.165, 1.54) is 24.8 Å². The molecule has 0 aliphatic heterocycles. The zero-order valence-electron chi connectivity index (χ0n) is 13.6. The van der Waals surface area contributed by atoms with E-state index in [1.54, 1.807) is 38.3 Å². The molecule has 0 N–H and O–H groups in total. The summed E-state index contributed by atoms with van der Waals surface area (Å²) < 4.78 is 5.06. The Hall–Kier alpha value is -2.65. The number of carbonyl (C=O) groups excluding carboxylic acids is 2. The summed E-state index contributed by atoms with van der Waals surface area (Å²) in [4.78, 5) is 28.1. The van der Waals surface area contributed by atoms with E-state index >= 15 is 0 Å². The number of pyridine rings is 1. The molecule has 0 unspecified atom stereocenters. The van der Waals surface area contributed by atoms with Crippen molar-refractivity contribution >= 4 is 23.3 Å². The maximum absolute atomic E-state index is 12.3. The van der Waals surface area contributed by atoms with Crippen LogP contribution in [0.25, 0.3) is 0 Å². The number of methoxy groups -OCH3 is 1. The molecule has 0 aliphatic rings. The third-order valence-electron chi connectivity index (χ3n) is 3.43. The topological polar surface area (TPSA) is 80.0 Å². The largest absolute Gasteiger partial charge is 0.497 e. The molecular formula is C18H16N2O3S. The lowest BCUT2D eigenvalue weighted by molar-refractivity contribution is 0.101. The minimum atomic E-state index is -0.137. The Balaban J connectivity index is 2.16. The van der Waals surface area contributed by atoms with Gasteiger partial charge in [-0.15, -0.1) is 0 Å². The summed E-state index contributed by atoms with van der Waals surface area (Å²) in [6.45, 7) is 3.15. The molecule has 0 fully saturated rings. The summed E-state index contributed by atoms with van der Waals surface area (Å²) in [6.07, 6.45) is 0. The van der Waals surface area contributed by atoms with Crippen LogP contribution in [0, 0.1) is 18.3 Å². The molecule has 24 heavy (non-hydrogen) atoms. The van der Waals surface area contributed by atoms with E-state index in [2.05, 4.69) is 4.98 Å². The first-order chi connectivity index (χ1) is 11.5. The minimum absolute atomic E-state index is 0.0679. The minimum Gasteiger partial charge on any atom is -0.497 e. The number of ketones is 2. The van der Waals surface area contributed by atoms with Crippen molar-refractivity contribution in [3.8, 4) is 11.8 Å². The van der Waals surface area contributed by atoms with Crippen molar-refractivity contribution in [2.75, 3.05) is 12.9 Å². The Morgan fingerprint density at radius 2 is 1.96 bits per heavy atom. The molecule has 0 atom stereocenters. The SMILES string of the molecule is COc1ccc(C(=O)CSc2nc(C)c(C(C)=O)cc2C#N)cc1. The molecule has 0 aliphatic carbocycles. The second-order valence-electron chi connectivity index (χ2n) is 5.08. The van der Waals surface area contributed by atoms with E-state index in [-0.39, 0.29) is 17.3 Å². The molecule has 1 heterocycles. The average molecular weight is 340 g/mol. The standard InChI is InChI=1S/C18H16N2O3S/c1-11-16(12(2)21)8-14(9-19)18(20-11)24-10-17(22)13-4-6-15(23-3)7-5-13/h4-8H,10H2,1-3H3. The third kappa shape index (κ3) is 4.00. The summed E-state index contributed by atoms with van der Waals surface area (Å²) >= 11 is 1.19. The van der Waals surface area contributed by atoms with Crippen molar-refractivity contribution in [1.29, 1.82) is 5.26 Å². The lowest BCUT2D eigenvalue weighted by Crippen LogP contribution is -2.05. The van der Waals surface area contributed by atoms with Gasteiger partial charge in [0.25, 0.3) is 0 Å². The molecule has 2 rings (SSSR count). The molecule has 122 valence electrons. The molecule has 0 saturated carbocycles. The smallest absolute Gasteiger partial charge is 0.173 e. The highest BCUT2D eigenvalue weighted by Crippen LogP contribution is 2.24. The normalized spacial score (nSPS) is 10.1. The van der Waals surface area contributed by atoms with Crippen molar-refractivity contribution in [2.24, 2.45) is 0 Å². The first kappa shape index (κ1) is 17.7. The Morgan fingerprint density at radius 3 is 2.50 bits per heavy atom. The van der Waals surface area contributed by atoms with E-state index in [1.807, 2.05) is 6.07 Å². The van der Waals surface area contributed by atoms with Gasteiger partial charge in [-0.25, -0.2) is 4.98 Å². The van der Waals surface area contributed by atoms with Gasteiger partial charge in [0, 0.05) is 16.8 Å². The molecule has 0 saturated heterocycles. The number of benzene rings is 1. The van der Waals surface area contributed by atoms with Crippen LogP contribution >= 0.6 is 11.8 Å². The van der Waals surface area contributed by atoms with E-state index in [0.717, 1.165) is 0 Å². The van der Waals surface area contributed by atoms with Gasteiger partial charge in [0.05, 0.1) is 18.4 Å². The number of carbonyl (C=O) groups is 2. The first-order valence-electron chi connectivity index (χ1n) is 7.19. The van der Waals surface area contributed by atoms with Crippen LogP contribution in [0.5, 0.6) is 5.75 Å². The highest BCUT2D eigenvalue weighted by Gasteiger charge is 2.14. The average Bonchev–Trinajstić information content (AvgIpc) is 2.59. The predicted octanol–water partition coefficient (Wildman–Crippen LogP) is 3.45. The monoisotopic (exact) mass is 340 g/mol. The molecule has 0 amide bonds. The van der Waals surface area contributed by atoms with Gasteiger partial charge in [0.1, 0.15) is 16.8 Å². The fraction of sp³-hybridized carbons (Fsp3) is 0.222. The summed E-state index contributed by atoms with van der Waals surface area (Å²) in [5, 5.41) is 9.70. The number of aryl methyl sites for hydroxylation is 1. The number of thioether (sulfide) groups is 1. The van der Waals surface area contributed by atoms with E-state index in [9.17, 15) is 14.9 Å². The Kier molecular flexibility index (Phi) is 5.72. The zero-order valence-corrected chi connectivity index (χ0v) is 14.4. The number of ether oxygens (including phenoxy) is 1. The molecule has 0 spiro atoms. The number of Topliss-reactive ketones (excluding diaryl/α,β-unsaturated/α-hetero) is 2. The molecule has 5 nitrogen and oxygen atoms in total. The molecule has 2 aromatic rings. The van der Waals surface area contributed by atoms with Crippen molar-refractivity contribution in [1.82, 2.24) is 4.98 Å². The molecule has 1 aromatic carbocycles. The Morgan fingerprint density at radius 1 is 1.29 bits per heavy atom. The lowest BCUT2D eigenvalue weighted by atomic mass is 10.1. The number of nitrogens with zero attached hydrogens (tertiary/aromatic N) is 2. The number of hydrogen-bond donors (Lipinski definition) is 0. The van der Waals surface area contributed by atoms with Crippen molar-refractivity contribution in [3.63, 3.8) is 0 Å². The number of aromatic nitrogens is 1. The number of hydrogen-bond acceptors (Lipinski definition) is 6. The summed E-state index contributed by atoms with van der Waals surface area (Å²) in [5.74, 6) is 0.638. The van der Waals surface area contributed by atoms with Gasteiger partial charge in [0.2, 0.25) is 0 Å². The van der Waals surface area contributed by atoms with Crippen LogP contribution < -0.4 is 4.74 Å². The maximum Gasteiger partial charge on any atom is 0.173 e. The van der Waals surface area contributed by atoms with Crippen LogP contribution in [0.15, 0.2) is 35.4 Å². The summed E-state index contributed by atoms with van der Waals surface area (Å²) in [5.41, 5.74) is 1.86. The molecular weight excluding hydrogens is 324 g/mol. The maximum atomic E-state index is 12.3. The third-order valence-corrected chi connectivity index (χ3v) is 4.42. The van der Waals surface area contributed by atoms with E-state index in [0.29, 0.717) is 33.2 Å². The zero-order chi connectivity index (χ0) is 17.7. The quantitative estimate of drug-likeness (QED) is 0.592. The van der Waals surface area contributed by atoms with Crippen LogP contribution in [0.4, 0.5) is 0 Å². The molecule has 6 heteroatoms. The Bertz CT molecular complexity index is 823. The highest BCUT2D eigenvalue weighted by atomic mass is 32.2. The number of rotatable bonds is 6. The molecule has 0 bridgehead atoms. The fourth-order valence-electron chi connectivity index (χ4n) is 2.12. The van der Waals surface area contributed by atoms with Crippen molar-refractivity contribution in [3.05, 3.63) is 52.7 Å². The second-order valence-corrected chi connectivity index (χ2v) is 6.05. The van der Waals surface area contributed by atoms with Gasteiger partial charge < -0.3 is 4.74 Å². The van der Waals surface area contributed by atoms with Gasteiger partial charge in [-0.2, -0.15) is 5.26 Å². The molecule has 1 aromatic heterocycles.